The highest BCUT2D eigenvalue weighted by Gasteiger charge is 2.20. The Morgan fingerprint density at radius 3 is 2.67 bits per heavy atom. The molecule has 1 aromatic heterocycles. The fraction of sp³-hybridized carbons (Fsp3) is 0.308. The van der Waals surface area contributed by atoms with Crippen LogP contribution in [0.5, 0.6) is 0 Å². The van der Waals surface area contributed by atoms with E-state index in [0.29, 0.717) is 0 Å². The molecule has 1 aromatic carbocycles. The van der Waals surface area contributed by atoms with Crippen molar-refractivity contribution in [3.8, 4) is 5.69 Å². The largest absolute Gasteiger partial charge is 0.324 e. The van der Waals surface area contributed by atoms with E-state index in [1.807, 2.05) is 0 Å². The van der Waals surface area contributed by atoms with Gasteiger partial charge in [-0.2, -0.15) is 5.10 Å². The third-order valence-corrected chi connectivity index (χ3v) is 4.04. The highest BCUT2D eigenvalue weighted by atomic mass is 32.2. The minimum atomic E-state index is -3.73. The summed E-state index contributed by atoms with van der Waals surface area (Å²) in [5.41, 5.74) is 5.25. The van der Waals surface area contributed by atoms with Crippen molar-refractivity contribution in [1.82, 2.24) is 14.5 Å². The second-order valence-corrected chi connectivity index (χ2v) is 7.15. The number of para-hydroxylation sites is 1. The highest BCUT2D eigenvalue weighted by Crippen LogP contribution is 2.15. The summed E-state index contributed by atoms with van der Waals surface area (Å²) in [4.78, 5) is -0.0463. The molecule has 0 unspecified atom stereocenters. The first-order valence-electron chi connectivity index (χ1n) is 6.27. The lowest BCUT2D eigenvalue weighted by atomic mass is 10.1. The Morgan fingerprint density at radius 1 is 1.38 bits per heavy atom. The second-order valence-electron chi connectivity index (χ2n) is 5.39. The zero-order valence-corrected chi connectivity index (χ0v) is 12.6. The molecule has 0 fully saturated rings. The first-order valence-corrected chi connectivity index (χ1v) is 7.75. The van der Waals surface area contributed by atoms with Crippen LogP contribution < -0.4 is 10.5 Å². The molecule has 0 bridgehead atoms. The average molecular weight is 312 g/mol. The maximum atomic E-state index is 13.6. The Labute approximate surface area is 122 Å². The number of nitrogens with two attached hydrogens (primary N) is 1. The average Bonchev–Trinajstić information content (AvgIpc) is 2.86. The molecule has 6 nitrogen and oxygen atoms in total. The molecule has 0 spiro atoms. The molecule has 0 atom stereocenters. The topological polar surface area (TPSA) is 90.0 Å². The molecule has 1 heterocycles. The highest BCUT2D eigenvalue weighted by molar-refractivity contribution is 7.89. The predicted molar refractivity (Wildman–Crippen MR) is 77.0 cm³/mol. The van der Waals surface area contributed by atoms with Gasteiger partial charge < -0.3 is 5.73 Å². The minimum Gasteiger partial charge on any atom is -0.324 e. The molecular formula is C13H17FN4O2S. The SMILES string of the molecule is CC(C)(N)CNS(=O)(=O)c1cnn(-c2ccccc2F)c1. The van der Waals surface area contributed by atoms with Crippen molar-refractivity contribution in [1.29, 1.82) is 0 Å². The van der Waals surface area contributed by atoms with E-state index in [-0.39, 0.29) is 17.1 Å². The van der Waals surface area contributed by atoms with Gasteiger partial charge in [0.05, 0.1) is 12.4 Å². The number of benzene rings is 1. The second kappa shape index (κ2) is 5.55. The third-order valence-electron chi connectivity index (χ3n) is 2.69. The third kappa shape index (κ3) is 3.87. The predicted octanol–water partition coefficient (Wildman–Crippen LogP) is 1.03. The normalized spacial score (nSPS) is 12.6. The van der Waals surface area contributed by atoms with Crippen LogP contribution in [-0.2, 0) is 10.0 Å². The van der Waals surface area contributed by atoms with E-state index in [1.54, 1.807) is 26.0 Å². The van der Waals surface area contributed by atoms with Crippen molar-refractivity contribution in [2.24, 2.45) is 5.73 Å². The number of rotatable bonds is 5. The van der Waals surface area contributed by atoms with Crippen LogP contribution in [0.4, 0.5) is 4.39 Å². The Balaban J connectivity index is 2.26. The summed E-state index contributed by atoms with van der Waals surface area (Å²) < 4.78 is 41.4. The van der Waals surface area contributed by atoms with E-state index in [2.05, 4.69) is 9.82 Å². The lowest BCUT2D eigenvalue weighted by molar-refractivity contribution is 0.498. The van der Waals surface area contributed by atoms with Gasteiger partial charge in [0.25, 0.3) is 0 Å². The number of sulfonamides is 1. The van der Waals surface area contributed by atoms with Crippen LogP contribution in [0.15, 0.2) is 41.6 Å². The maximum absolute atomic E-state index is 13.6. The Morgan fingerprint density at radius 2 is 2.05 bits per heavy atom. The Hall–Kier alpha value is -1.77. The fourth-order valence-corrected chi connectivity index (χ4v) is 2.73. The Kier molecular flexibility index (Phi) is 4.13. The van der Waals surface area contributed by atoms with Crippen molar-refractivity contribution in [2.75, 3.05) is 6.54 Å². The van der Waals surface area contributed by atoms with Crippen LogP contribution >= 0.6 is 0 Å². The van der Waals surface area contributed by atoms with Gasteiger partial charge in [-0.15, -0.1) is 0 Å². The molecule has 0 aliphatic carbocycles. The molecule has 3 N–H and O–H groups in total. The van der Waals surface area contributed by atoms with Crippen LogP contribution in [-0.4, -0.2) is 30.3 Å². The lowest BCUT2D eigenvalue weighted by Gasteiger charge is -2.18. The van der Waals surface area contributed by atoms with E-state index in [0.717, 1.165) is 6.20 Å². The number of halogens is 1. The van der Waals surface area contributed by atoms with Crippen LogP contribution in [0.1, 0.15) is 13.8 Å². The van der Waals surface area contributed by atoms with Crippen LogP contribution in [0.2, 0.25) is 0 Å². The lowest BCUT2D eigenvalue weighted by Crippen LogP contribution is -2.44. The molecule has 0 radical (unpaired) electrons. The van der Waals surface area contributed by atoms with E-state index in [9.17, 15) is 12.8 Å². The summed E-state index contributed by atoms with van der Waals surface area (Å²) in [6, 6.07) is 5.98. The van der Waals surface area contributed by atoms with Gasteiger partial charge >= 0.3 is 0 Å². The van der Waals surface area contributed by atoms with Gasteiger partial charge in [-0.3, -0.25) is 0 Å². The molecule has 0 aliphatic heterocycles. The van der Waals surface area contributed by atoms with E-state index >= 15 is 0 Å². The molecule has 21 heavy (non-hydrogen) atoms. The fourth-order valence-electron chi connectivity index (χ4n) is 1.58. The first kappa shape index (κ1) is 15.6. The molecule has 8 heteroatoms. The number of hydrogen-bond acceptors (Lipinski definition) is 4. The van der Waals surface area contributed by atoms with Gasteiger partial charge in [0, 0.05) is 12.1 Å². The summed E-state index contributed by atoms with van der Waals surface area (Å²) >= 11 is 0. The van der Waals surface area contributed by atoms with Gasteiger partial charge in [0.2, 0.25) is 10.0 Å². The number of nitrogens with zero attached hydrogens (tertiary/aromatic N) is 2. The van der Waals surface area contributed by atoms with Crippen LogP contribution in [0.25, 0.3) is 5.69 Å². The molecule has 0 saturated heterocycles. The molecule has 2 aromatic rings. The zero-order valence-electron chi connectivity index (χ0n) is 11.7. The zero-order chi connectivity index (χ0) is 15.7. The van der Waals surface area contributed by atoms with Gasteiger partial charge in [0.15, 0.2) is 0 Å². The van der Waals surface area contributed by atoms with Crippen LogP contribution in [0.3, 0.4) is 0 Å². The van der Waals surface area contributed by atoms with Crippen molar-refractivity contribution in [2.45, 2.75) is 24.3 Å². The summed E-state index contributed by atoms with van der Waals surface area (Å²) in [5.74, 6) is -0.486. The monoisotopic (exact) mass is 312 g/mol. The molecular weight excluding hydrogens is 295 g/mol. The summed E-state index contributed by atoms with van der Waals surface area (Å²) in [5, 5.41) is 3.88. The van der Waals surface area contributed by atoms with Crippen LogP contribution in [0, 0.1) is 5.82 Å². The molecule has 0 amide bonds. The molecule has 114 valence electrons. The molecule has 0 aliphatic rings. The van der Waals surface area contributed by atoms with Gasteiger partial charge in [-0.05, 0) is 26.0 Å². The molecule has 0 saturated carbocycles. The number of aromatic nitrogens is 2. The van der Waals surface area contributed by atoms with E-state index < -0.39 is 21.4 Å². The quantitative estimate of drug-likeness (QED) is 0.863. The Bertz CT molecular complexity index is 735. The summed E-state index contributed by atoms with van der Waals surface area (Å²) in [6.07, 6.45) is 2.42. The molecule has 2 rings (SSSR count). The van der Waals surface area contributed by atoms with E-state index in [4.69, 9.17) is 5.73 Å². The van der Waals surface area contributed by atoms with Crippen molar-refractivity contribution < 1.29 is 12.8 Å². The van der Waals surface area contributed by atoms with Crippen molar-refractivity contribution in [3.63, 3.8) is 0 Å². The minimum absolute atomic E-state index is 0.0463. The number of nitrogens with one attached hydrogen (secondary N) is 1. The summed E-state index contributed by atoms with van der Waals surface area (Å²) in [6.45, 7) is 3.50. The van der Waals surface area contributed by atoms with Gasteiger partial charge in [-0.1, -0.05) is 12.1 Å². The van der Waals surface area contributed by atoms with Gasteiger partial charge in [-0.25, -0.2) is 22.2 Å². The van der Waals surface area contributed by atoms with Gasteiger partial charge in [0.1, 0.15) is 16.4 Å². The van der Waals surface area contributed by atoms with Crippen molar-refractivity contribution >= 4 is 10.0 Å². The van der Waals surface area contributed by atoms with E-state index in [1.165, 1.54) is 23.0 Å². The van der Waals surface area contributed by atoms with Crippen molar-refractivity contribution in [3.05, 3.63) is 42.5 Å². The maximum Gasteiger partial charge on any atom is 0.243 e. The standard InChI is InChI=1S/C13H17FN4O2S/c1-13(2,15)9-17-21(19,20)10-7-16-18(8-10)12-6-4-3-5-11(12)14/h3-8,17H,9,15H2,1-2H3. The number of hydrogen-bond donors (Lipinski definition) is 2. The summed E-state index contributed by atoms with van der Waals surface area (Å²) in [7, 11) is -3.73. The smallest absolute Gasteiger partial charge is 0.243 e. The first-order chi connectivity index (χ1) is 9.69.